The van der Waals surface area contributed by atoms with Crippen LogP contribution in [0.4, 0.5) is 0 Å². The number of allylic oxidation sites excluding steroid dienone is 2. The van der Waals surface area contributed by atoms with Gasteiger partial charge >= 0.3 is 0 Å². The van der Waals surface area contributed by atoms with E-state index in [2.05, 4.69) is 43.1 Å². The molecule has 0 saturated heterocycles. The Morgan fingerprint density at radius 1 is 0.432 bits per heavy atom. The Kier molecular flexibility index (Phi) is 11.5. The molecule has 6 aromatic rings. The van der Waals surface area contributed by atoms with E-state index in [1.165, 1.54) is 47.8 Å². The lowest BCUT2D eigenvalue weighted by atomic mass is 10.1. The summed E-state index contributed by atoms with van der Waals surface area (Å²) in [4.78, 5) is 25.1. The van der Waals surface area contributed by atoms with Gasteiger partial charge in [-0.3, -0.25) is 29.9 Å². The molecule has 0 aliphatic carbocycles. The summed E-state index contributed by atoms with van der Waals surface area (Å²) in [6.07, 6.45) is 15.6. The largest absolute Gasteiger partial charge is 0.508 e. The molecule has 0 aliphatic rings. The number of nitrogens with zero attached hydrogens (tertiary/aromatic N) is 6. The third-order valence-electron chi connectivity index (χ3n) is 6.01. The van der Waals surface area contributed by atoms with Gasteiger partial charge in [-0.05, 0) is 84.6 Å². The Labute approximate surface area is 256 Å². The fourth-order valence-electron chi connectivity index (χ4n) is 3.96. The zero-order chi connectivity index (χ0) is 31.0. The van der Waals surface area contributed by atoms with Gasteiger partial charge in [0.1, 0.15) is 11.5 Å². The Balaban J connectivity index is 0.000000151. The van der Waals surface area contributed by atoms with Gasteiger partial charge in [0, 0.05) is 49.3 Å². The lowest BCUT2D eigenvalue weighted by Gasteiger charge is -2.01. The molecular weight excluding hydrogens is 548 g/mol. The molecule has 0 radical (unpaired) electrons. The maximum Gasteiger partial charge on any atom is 0.119 e. The Bertz CT molecular complexity index is 1650. The summed E-state index contributed by atoms with van der Waals surface area (Å²) in [5.74, 6) is 0.250. The second-order valence-corrected chi connectivity index (χ2v) is 9.31. The molecule has 0 amide bonds. The minimum Gasteiger partial charge on any atom is -0.508 e. The van der Waals surface area contributed by atoms with Crippen molar-refractivity contribution in [1.82, 2.24) is 29.9 Å². The van der Waals surface area contributed by atoms with Crippen LogP contribution in [-0.4, -0.2) is 40.1 Å². The second kappa shape index (κ2) is 16.4. The first kappa shape index (κ1) is 30.9. The van der Waals surface area contributed by atoms with Crippen molar-refractivity contribution in [3.8, 4) is 45.7 Å². The number of rotatable bonds is 7. The van der Waals surface area contributed by atoms with Crippen molar-refractivity contribution in [3.63, 3.8) is 0 Å². The molecule has 8 nitrogen and oxygen atoms in total. The molecule has 0 atom stereocenters. The molecule has 6 heterocycles. The van der Waals surface area contributed by atoms with Crippen molar-refractivity contribution < 1.29 is 10.2 Å². The zero-order valence-electron chi connectivity index (χ0n) is 24.1. The van der Waals surface area contributed by atoms with Crippen LogP contribution in [0.1, 0.15) is 11.1 Å². The third-order valence-corrected chi connectivity index (χ3v) is 6.01. The Hall–Kier alpha value is -6.02. The molecule has 0 aromatic carbocycles. The van der Waals surface area contributed by atoms with Crippen molar-refractivity contribution in [2.24, 2.45) is 0 Å². The van der Waals surface area contributed by atoms with E-state index in [4.69, 9.17) is 0 Å². The van der Waals surface area contributed by atoms with E-state index in [1.807, 2.05) is 85.2 Å². The standard InChI is InChI=1S/2C13H12N2.C10H8N2O2/c2*1-2-5-11-7-9-15-13(10-11)12-6-3-4-8-14-12;13-7-1-3-11-9(5-7)10-6-8(14)2-4-12-10/h2*2-4,6-10H,1,5H2;1-6H,(H,11,13)(H,12,14). The summed E-state index contributed by atoms with van der Waals surface area (Å²) < 4.78 is 0. The van der Waals surface area contributed by atoms with Crippen LogP contribution in [0.15, 0.2) is 147 Å². The lowest BCUT2D eigenvalue weighted by Crippen LogP contribution is -1.89. The van der Waals surface area contributed by atoms with E-state index in [-0.39, 0.29) is 11.5 Å². The normalized spacial score (nSPS) is 9.91. The smallest absolute Gasteiger partial charge is 0.119 e. The first-order valence-corrected chi connectivity index (χ1v) is 13.8. The van der Waals surface area contributed by atoms with E-state index in [9.17, 15) is 10.2 Å². The lowest BCUT2D eigenvalue weighted by molar-refractivity contribution is 0.473. The highest BCUT2D eigenvalue weighted by molar-refractivity contribution is 5.57. The van der Waals surface area contributed by atoms with Crippen LogP contribution in [0, 0.1) is 0 Å². The number of pyridine rings is 6. The first-order valence-electron chi connectivity index (χ1n) is 13.8. The number of aromatic hydroxyl groups is 2. The molecule has 44 heavy (non-hydrogen) atoms. The Morgan fingerprint density at radius 2 is 0.795 bits per heavy atom. The minimum atomic E-state index is 0.125. The van der Waals surface area contributed by atoms with Crippen molar-refractivity contribution in [2.75, 3.05) is 0 Å². The van der Waals surface area contributed by atoms with Gasteiger partial charge in [0.2, 0.25) is 0 Å². The summed E-state index contributed by atoms with van der Waals surface area (Å²) in [6, 6.07) is 25.7. The summed E-state index contributed by atoms with van der Waals surface area (Å²) in [5, 5.41) is 18.4. The summed E-state index contributed by atoms with van der Waals surface area (Å²) in [5.41, 5.74) is 7.11. The third kappa shape index (κ3) is 9.53. The molecule has 6 rings (SSSR count). The van der Waals surface area contributed by atoms with Crippen molar-refractivity contribution >= 4 is 0 Å². The van der Waals surface area contributed by atoms with Crippen LogP contribution in [0.3, 0.4) is 0 Å². The van der Waals surface area contributed by atoms with E-state index < -0.39 is 0 Å². The fraction of sp³-hybridized carbons (Fsp3) is 0.0556. The van der Waals surface area contributed by atoms with Crippen LogP contribution in [0.25, 0.3) is 34.2 Å². The van der Waals surface area contributed by atoms with Crippen LogP contribution < -0.4 is 0 Å². The fourth-order valence-corrected chi connectivity index (χ4v) is 3.96. The van der Waals surface area contributed by atoms with Gasteiger partial charge in [-0.2, -0.15) is 0 Å². The SMILES string of the molecule is C=CCc1ccnc(-c2ccccn2)c1.C=CCc1ccnc(-c2ccccn2)c1.Oc1ccnc(-c2cc(O)ccn2)c1. The topological polar surface area (TPSA) is 118 Å². The van der Waals surface area contributed by atoms with Crippen molar-refractivity contribution in [3.05, 3.63) is 159 Å². The van der Waals surface area contributed by atoms with E-state index in [0.29, 0.717) is 11.4 Å². The first-order chi connectivity index (χ1) is 21.6. The Morgan fingerprint density at radius 3 is 1.14 bits per heavy atom. The molecule has 0 aliphatic heterocycles. The zero-order valence-corrected chi connectivity index (χ0v) is 24.1. The molecule has 0 unspecified atom stereocenters. The van der Waals surface area contributed by atoms with Crippen LogP contribution in [0.5, 0.6) is 11.5 Å². The average molecular weight is 581 g/mol. The molecule has 6 aromatic heterocycles. The molecule has 0 fully saturated rings. The maximum atomic E-state index is 9.21. The second-order valence-electron chi connectivity index (χ2n) is 9.31. The van der Waals surface area contributed by atoms with Crippen LogP contribution in [-0.2, 0) is 12.8 Å². The van der Waals surface area contributed by atoms with Gasteiger partial charge in [0.25, 0.3) is 0 Å². The summed E-state index contributed by atoms with van der Waals surface area (Å²) in [6.45, 7) is 7.44. The van der Waals surface area contributed by atoms with Gasteiger partial charge in [-0.1, -0.05) is 24.3 Å². The van der Waals surface area contributed by atoms with Crippen LogP contribution >= 0.6 is 0 Å². The molecule has 0 bridgehead atoms. The molecule has 218 valence electrons. The molecule has 2 N–H and O–H groups in total. The maximum absolute atomic E-state index is 9.21. The monoisotopic (exact) mass is 580 g/mol. The molecule has 8 heteroatoms. The highest BCUT2D eigenvalue weighted by Gasteiger charge is 2.03. The van der Waals surface area contributed by atoms with E-state index in [1.54, 1.807) is 12.4 Å². The van der Waals surface area contributed by atoms with Crippen molar-refractivity contribution in [2.45, 2.75) is 12.8 Å². The van der Waals surface area contributed by atoms with Gasteiger partial charge in [0.15, 0.2) is 0 Å². The highest BCUT2D eigenvalue weighted by atomic mass is 16.3. The predicted molar refractivity (Wildman–Crippen MR) is 174 cm³/mol. The number of hydrogen-bond donors (Lipinski definition) is 2. The molecule has 0 spiro atoms. The highest BCUT2D eigenvalue weighted by Crippen LogP contribution is 2.21. The average Bonchev–Trinajstić information content (AvgIpc) is 3.07. The quantitative estimate of drug-likeness (QED) is 0.189. The predicted octanol–water partition coefficient (Wildman–Crippen LogP) is 7.30. The molecular formula is C36H32N6O2. The van der Waals surface area contributed by atoms with E-state index in [0.717, 1.165) is 35.6 Å². The van der Waals surface area contributed by atoms with Gasteiger partial charge in [-0.25, -0.2) is 0 Å². The van der Waals surface area contributed by atoms with E-state index >= 15 is 0 Å². The number of aromatic nitrogens is 6. The van der Waals surface area contributed by atoms with Gasteiger partial charge in [0.05, 0.1) is 34.2 Å². The van der Waals surface area contributed by atoms with Gasteiger partial charge < -0.3 is 10.2 Å². The number of hydrogen-bond acceptors (Lipinski definition) is 8. The van der Waals surface area contributed by atoms with Crippen molar-refractivity contribution in [1.29, 1.82) is 0 Å². The summed E-state index contributed by atoms with van der Waals surface area (Å²) in [7, 11) is 0. The van der Waals surface area contributed by atoms with Crippen LogP contribution in [0.2, 0.25) is 0 Å². The summed E-state index contributed by atoms with van der Waals surface area (Å²) >= 11 is 0. The molecule has 0 saturated carbocycles. The van der Waals surface area contributed by atoms with Gasteiger partial charge in [-0.15, -0.1) is 13.2 Å². The minimum absolute atomic E-state index is 0.125.